The van der Waals surface area contributed by atoms with Crippen molar-refractivity contribution in [1.82, 2.24) is 19.0 Å². The summed E-state index contributed by atoms with van der Waals surface area (Å²) in [6, 6.07) is 7.01. The lowest BCUT2D eigenvalue weighted by molar-refractivity contribution is 0.0664. The molecule has 0 aliphatic carbocycles. The van der Waals surface area contributed by atoms with Crippen LogP contribution >= 0.6 is 0 Å². The molecule has 1 aromatic carbocycles. The number of carbonyl (C=O) groups is 1. The van der Waals surface area contributed by atoms with Gasteiger partial charge in [0.1, 0.15) is 0 Å². The van der Waals surface area contributed by atoms with Crippen molar-refractivity contribution < 1.29 is 13.2 Å². The first-order valence-corrected chi connectivity index (χ1v) is 10.7. The summed E-state index contributed by atoms with van der Waals surface area (Å²) in [4.78, 5) is 18.7. The molecule has 8 heteroatoms. The molecule has 2 aliphatic rings. The van der Waals surface area contributed by atoms with Gasteiger partial charge in [0.2, 0.25) is 10.0 Å². The minimum Gasteiger partial charge on any atom is -0.336 e. The lowest BCUT2D eigenvalue weighted by atomic mass is 10.1. The Hall–Kier alpha value is -1.48. The fraction of sp³-hybridized carbons (Fsp3) is 0.611. The van der Waals surface area contributed by atoms with Crippen molar-refractivity contribution in [1.29, 1.82) is 0 Å². The van der Waals surface area contributed by atoms with E-state index < -0.39 is 10.0 Å². The molecule has 2 saturated heterocycles. The van der Waals surface area contributed by atoms with Gasteiger partial charge in [0.25, 0.3) is 5.91 Å². The molecule has 2 fully saturated rings. The zero-order chi connectivity index (χ0) is 18.7. The Morgan fingerprint density at radius 1 is 0.846 bits per heavy atom. The van der Waals surface area contributed by atoms with Crippen LogP contribution in [0.5, 0.6) is 0 Å². The maximum atomic E-state index is 12.6. The third kappa shape index (κ3) is 4.62. The van der Waals surface area contributed by atoms with Crippen molar-refractivity contribution >= 4 is 15.9 Å². The summed E-state index contributed by atoms with van der Waals surface area (Å²) in [5.41, 5.74) is 1.34. The summed E-state index contributed by atoms with van der Waals surface area (Å²) in [6.45, 7) is 5.83. The molecule has 0 saturated carbocycles. The van der Waals surface area contributed by atoms with E-state index in [1.807, 2.05) is 11.9 Å². The lowest BCUT2D eigenvalue weighted by Crippen LogP contribution is -2.47. The largest absolute Gasteiger partial charge is 0.336 e. The number of hydrogen-bond acceptors (Lipinski definition) is 5. The Kier molecular flexibility index (Phi) is 5.96. The molecule has 3 rings (SSSR count). The fourth-order valence-electron chi connectivity index (χ4n) is 3.30. The van der Waals surface area contributed by atoms with Crippen LogP contribution in [-0.2, 0) is 15.8 Å². The smallest absolute Gasteiger partial charge is 0.253 e. The average molecular weight is 381 g/mol. The first kappa shape index (κ1) is 19.3. The highest BCUT2D eigenvalue weighted by molar-refractivity contribution is 7.88. The lowest BCUT2D eigenvalue weighted by Gasteiger charge is -2.32. The third-order valence-electron chi connectivity index (χ3n) is 5.20. The quantitative estimate of drug-likeness (QED) is 0.744. The van der Waals surface area contributed by atoms with E-state index in [9.17, 15) is 13.2 Å². The van der Waals surface area contributed by atoms with E-state index in [4.69, 9.17) is 0 Å². The van der Waals surface area contributed by atoms with Crippen LogP contribution in [0.25, 0.3) is 0 Å². The van der Waals surface area contributed by atoms with E-state index in [0.29, 0.717) is 18.7 Å². The van der Waals surface area contributed by atoms with Gasteiger partial charge in [0, 0.05) is 57.9 Å². The number of amides is 1. The van der Waals surface area contributed by atoms with Crippen molar-refractivity contribution in [2.24, 2.45) is 0 Å². The van der Waals surface area contributed by atoms with E-state index in [0.717, 1.165) is 44.8 Å². The SMILES string of the molecule is CN1CCN(C(=O)c2ccc(CS(=O)(=O)N3CCN(C)CC3)cc2)CC1. The van der Waals surface area contributed by atoms with Crippen molar-refractivity contribution in [3.63, 3.8) is 0 Å². The topological polar surface area (TPSA) is 64.2 Å². The number of piperazine rings is 2. The Morgan fingerprint density at radius 2 is 1.35 bits per heavy atom. The maximum absolute atomic E-state index is 12.6. The summed E-state index contributed by atoms with van der Waals surface area (Å²) in [6.07, 6.45) is 0. The summed E-state index contributed by atoms with van der Waals surface area (Å²) in [7, 11) is 0.739. The highest BCUT2D eigenvalue weighted by Gasteiger charge is 2.26. The molecule has 0 atom stereocenters. The average Bonchev–Trinajstić information content (AvgIpc) is 2.62. The highest BCUT2D eigenvalue weighted by atomic mass is 32.2. The first-order valence-electron chi connectivity index (χ1n) is 9.08. The van der Waals surface area contributed by atoms with E-state index in [-0.39, 0.29) is 11.7 Å². The predicted molar refractivity (Wildman–Crippen MR) is 102 cm³/mol. The zero-order valence-electron chi connectivity index (χ0n) is 15.6. The Labute approximate surface area is 156 Å². The molecular weight excluding hydrogens is 352 g/mol. The van der Waals surface area contributed by atoms with Crippen molar-refractivity contribution in [3.05, 3.63) is 35.4 Å². The molecule has 0 bridgehead atoms. The molecule has 2 aliphatic heterocycles. The van der Waals surface area contributed by atoms with Crippen LogP contribution in [0.4, 0.5) is 0 Å². The second-order valence-electron chi connectivity index (χ2n) is 7.25. The van der Waals surface area contributed by atoms with Gasteiger partial charge in [-0.15, -0.1) is 0 Å². The van der Waals surface area contributed by atoms with Crippen molar-refractivity contribution in [3.8, 4) is 0 Å². The molecule has 144 valence electrons. The normalized spacial score (nSPS) is 21.1. The van der Waals surface area contributed by atoms with Gasteiger partial charge < -0.3 is 14.7 Å². The van der Waals surface area contributed by atoms with Crippen LogP contribution in [0, 0.1) is 0 Å². The molecule has 0 radical (unpaired) electrons. The zero-order valence-corrected chi connectivity index (χ0v) is 16.4. The van der Waals surface area contributed by atoms with Gasteiger partial charge in [-0.1, -0.05) is 12.1 Å². The van der Waals surface area contributed by atoms with Crippen LogP contribution < -0.4 is 0 Å². The van der Waals surface area contributed by atoms with Crippen LogP contribution in [-0.4, -0.2) is 99.8 Å². The summed E-state index contributed by atoms with van der Waals surface area (Å²) >= 11 is 0. The number of nitrogens with zero attached hydrogens (tertiary/aromatic N) is 4. The van der Waals surface area contributed by atoms with E-state index in [1.165, 1.54) is 0 Å². The third-order valence-corrected chi connectivity index (χ3v) is 7.05. The number of likely N-dealkylation sites (N-methyl/N-ethyl adjacent to an activating group) is 2. The van der Waals surface area contributed by atoms with E-state index >= 15 is 0 Å². The molecule has 7 nitrogen and oxygen atoms in total. The summed E-state index contributed by atoms with van der Waals surface area (Å²) in [5, 5.41) is 0. The first-order chi connectivity index (χ1) is 12.3. The number of sulfonamides is 1. The second-order valence-corrected chi connectivity index (χ2v) is 9.22. The summed E-state index contributed by atoms with van der Waals surface area (Å²) in [5.74, 6) is 0.00578. The van der Waals surface area contributed by atoms with Crippen LogP contribution in [0.2, 0.25) is 0 Å². The molecule has 1 amide bonds. The predicted octanol–water partition coefficient (Wildman–Crippen LogP) is 0.151. The van der Waals surface area contributed by atoms with Gasteiger partial charge in [-0.05, 0) is 31.8 Å². The number of rotatable bonds is 4. The van der Waals surface area contributed by atoms with Gasteiger partial charge in [0.05, 0.1) is 5.75 Å². The minimum absolute atomic E-state index is 0.0142. The highest BCUT2D eigenvalue weighted by Crippen LogP contribution is 2.15. The van der Waals surface area contributed by atoms with Gasteiger partial charge in [-0.2, -0.15) is 4.31 Å². The number of carbonyl (C=O) groups excluding carboxylic acids is 1. The standard InChI is InChI=1S/C18H28N4O3S/c1-19-7-11-21(12-8-19)18(23)17-5-3-16(4-6-17)15-26(24,25)22-13-9-20(2)10-14-22/h3-6H,7-15H2,1-2H3. The monoisotopic (exact) mass is 380 g/mol. The molecule has 26 heavy (non-hydrogen) atoms. The molecule has 0 unspecified atom stereocenters. The minimum atomic E-state index is -3.31. The van der Waals surface area contributed by atoms with Gasteiger partial charge >= 0.3 is 0 Å². The Balaban J connectivity index is 1.61. The van der Waals surface area contributed by atoms with E-state index in [2.05, 4.69) is 16.8 Å². The number of benzene rings is 1. The van der Waals surface area contributed by atoms with Crippen LogP contribution in [0.1, 0.15) is 15.9 Å². The molecule has 0 aromatic heterocycles. The van der Waals surface area contributed by atoms with Gasteiger partial charge in [-0.25, -0.2) is 8.42 Å². The Bertz CT molecular complexity index is 719. The van der Waals surface area contributed by atoms with Crippen molar-refractivity contribution in [2.45, 2.75) is 5.75 Å². The van der Waals surface area contributed by atoms with Crippen LogP contribution in [0.15, 0.2) is 24.3 Å². The van der Waals surface area contributed by atoms with Crippen LogP contribution in [0.3, 0.4) is 0 Å². The van der Waals surface area contributed by atoms with Gasteiger partial charge in [-0.3, -0.25) is 4.79 Å². The molecule has 0 N–H and O–H groups in total. The Morgan fingerprint density at radius 3 is 1.88 bits per heavy atom. The molecule has 0 spiro atoms. The summed E-state index contributed by atoms with van der Waals surface area (Å²) < 4.78 is 26.7. The molecule has 1 aromatic rings. The fourth-order valence-corrected chi connectivity index (χ4v) is 4.82. The molecule has 2 heterocycles. The van der Waals surface area contributed by atoms with Gasteiger partial charge in [0.15, 0.2) is 0 Å². The second kappa shape index (κ2) is 8.04. The van der Waals surface area contributed by atoms with E-state index in [1.54, 1.807) is 28.6 Å². The number of hydrogen-bond donors (Lipinski definition) is 0. The van der Waals surface area contributed by atoms with Crippen molar-refractivity contribution in [2.75, 3.05) is 66.5 Å². The molecular formula is C18H28N4O3S. The maximum Gasteiger partial charge on any atom is 0.253 e.